The zero-order valence-electron chi connectivity index (χ0n) is 11.6. The second-order valence-electron chi connectivity index (χ2n) is 5.17. The molecule has 0 saturated heterocycles. The second kappa shape index (κ2) is 5.97. The second-order valence-corrected chi connectivity index (χ2v) is 7.67. The van der Waals surface area contributed by atoms with Crippen molar-refractivity contribution in [3.05, 3.63) is 64.1 Å². The van der Waals surface area contributed by atoms with Crippen LogP contribution in [0.4, 0.5) is 0 Å². The minimum absolute atomic E-state index is 0.0842. The SMILES string of the molecule is CC(C)(NS(=O)(=O)c1ccc(Cl)c(Cl)c1)c1ccccc1. The van der Waals surface area contributed by atoms with Crippen molar-refractivity contribution in [2.75, 3.05) is 0 Å². The maximum Gasteiger partial charge on any atom is 0.241 e. The van der Waals surface area contributed by atoms with E-state index in [1.807, 2.05) is 30.3 Å². The minimum Gasteiger partial charge on any atom is -0.207 e. The van der Waals surface area contributed by atoms with Gasteiger partial charge in [0.15, 0.2) is 0 Å². The highest BCUT2D eigenvalue weighted by Crippen LogP contribution is 2.27. The summed E-state index contributed by atoms with van der Waals surface area (Å²) < 4.78 is 27.6. The Balaban J connectivity index is 2.35. The fourth-order valence-electron chi connectivity index (χ4n) is 1.95. The molecule has 0 atom stereocenters. The fourth-order valence-corrected chi connectivity index (χ4v) is 3.74. The molecule has 0 heterocycles. The van der Waals surface area contributed by atoms with Crippen LogP contribution in [0.15, 0.2) is 53.4 Å². The Kier molecular flexibility index (Phi) is 4.63. The van der Waals surface area contributed by atoms with Crippen LogP contribution < -0.4 is 4.72 Å². The van der Waals surface area contributed by atoms with Crippen LogP contribution in [0.3, 0.4) is 0 Å². The lowest BCUT2D eigenvalue weighted by molar-refractivity contribution is 0.472. The molecule has 0 radical (unpaired) electrons. The molecular formula is C15H15Cl2NO2S. The molecule has 2 aromatic rings. The summed E-state index contributed by atoms with van der Waals surface area (Å²) in [6.45, 7) is 3.61. The zero-order valence-corrected chi connectivity index (χ0v) is 13.9. The number of rotatable bonds is 4. The normalized spacial score (nSPS) is 12.4. The lowest BCUT2D eigenvalue weighted by Crippen LogP contribution is -2.40. The summed E-state index contributed by atoms with van der Waals surface area (Å²) in [5.41, 5.74) is 0.125. The van der Waals surface area contributed by atoms with Crippen LogP contribution in [0.1, 0.15) is 19.4 Å². The Morgan fingerprint density at radius 1 is 0.952 bits per heavy atom. The molecule has 112 valence electrons. The molecule has 0 saturated carbocycles. The van der Waals surface area contributed by atoms with Crippen molar-refractivity contribution in [3.63, 3.8) is 0 Å². The third-order valence-electron chi connectivity index (χ3n) is 3.09. The first-order valence-corrected chi connectivity index (χ1v) is 8.51. The first-order chi connectivity index (χ1) is 9.72. The van der Waals surface area contributed by atoms with Gasteiger partial charge in [-0.2, -0.15) is 0 Å². The standard InChI is InChI=1S/C15H15Cl2NO2S/c1-15(2,11-6-4-3-5-7-11)18-21(19,20)12-8-9-13(16)14(17)10-12/h3-10,18H,1-2H3. The number of hydrogen-bond acceptors (Lipinski definition) is 2. The van der Waals surface area contributed by atoms with Crippen LogP contribution in [0, 0.1) is 0 Å². The van der Waals surface area contributed by atoms with Gasteiger partial charge in [-0.15, -0.1) is 0 Å². The summed E-state index contributed by atoms with van der Waals surface area (Å²) in [6, 6.07) is 13.6. The van der Waals surface area contributed by atoms with Crippen LogP contribution >= 0.6 is 23.2 Å². The number of sulfonamides is 1. The summed E-state index contributed by atoms with van der Waals surface area (Å²) >= 11 is 11.7. The molecular weight excluding hydrogens is 329 g/mol. The highest BCUT2D eigenvalue weighted by Gasteiger charge is 2.28. The third kappa shape index (κ3) is 3.77. The summed E-state index contributed by atoms with van der Waals surface area (Å²) in [5, 5.41) is 0.523. The maximum absolute atomic E-state index is 12.5. The van der Waals surface area contributed by atoms with E-state index in [1.54, 1.807) is 13.8 Å². The van der Waals surface area contributed by atoms with E-state index in [4.69, 9.17) is 23.2 Å². The molecule has 1 N–H and O–H groups in total. The van der Waals surface area contributed by atoms with Gasteiger partial charge in [-0.05, 0) is 37.6 Å². The highest BCUT2D eigenvalue weighted by molar-refractivity contribution is 7.89. The van der Waals surface area contributed by atoms with E-state index in [0.29, 0.717) is 5.02 Å². The number of hydrogen-bond donors (Lipinski definition) is 1. The minimum atomic E-state index is -3.70. The van der Waals surface area contributed by atoms with E-state index in [0.717, 1.165) is 5.56 Å². The van der Waals surface area contributed by atoms with E-state index >= 15 is 0 Å². The summed E-state index contributed by atoms with van der Waals surface area (Å²) in [7, 11) is -3.70. The van der Waals surface area contributed by atoms with Crippen LogP contribution in [0.5, 0.6) is 0 Å². The van der Waals surface area contributed by atoms with E-state index in [9.17, 15) is 8.42 Å². The summed E-state index contributed by atoms with van der Waals surface area (Å²) in [4.78, 5) is 0.0842. The molecule has 0 unspecified atom stereocenters. The molecule has 0 amide bonds. The maximum atomic E-state index is 12.5. The largest absolute Gasteiger partial charge is 0.241 e. The van der Waals surface area contributed by atoms with Crippen molar-refractivity contribution in [1.29, 1.82) is 0 Å². The highest BCUT2D eigenvalue weighted by atomic mass is 35.5. The van der Waals surface area contributed by atoms with Crippen molar-refractivity contribution in [2.45, 2.75) is 24.3 Å². The van der Waals surface area contributed by atoms with Crippen LogP contribution in [-0.2, 0) is 15.6 Å². The fraction of sp³-hybridized carbons (Fsp3) is 0.200. The molecule has 0 aliphatic rings. The van der Waals surface area contributed by atoms with Gasteiger partial charge in [0.1, 0.15) is 0 Å². The summed E-state index contributed by atoms with van der Waals surface area (Å²) in [5.74, 6) is 0. The van der Waals surface area contributed by atoms with Gasteiger partial charge in [0.05, 0.1) is 20.5 Å². The van der Waals surface area contributed by atoms with Crippen LogP contribution in [0.2, 0.25) is 10.0 Å². The molecule has 0 fully saturated rings. The van der Waals surface area contributed by atoms with Gasteiger partial charge < -0.3 is 0 Å². The van der Waals surface area contributed by atoms with Gasteiger partial charge in [0.2, 0.25) is 10.0 Å². The van der Waals surface area contributed by atoms with Gasteiger partial charge >= 0.3 is 0 Å². The topological polar surface area (TPSA) is 46.2 Å². The Morgan fingerprint density at radius 2 is 1.57 bits per heavy atom. The molecule has 0 aliphatic heterocycles. The monoisotopic (exact) mass is 343 g/mol. The zero-order chi connectivity index (χ0) is 15.7. The van der Waals surface area contributed by atoms with E-state index in [1.165, 1.54) is 18.2 Å². The number of nitrogens with one attached hydrogen (secondary N) is 1. The lowest BCUT2D eigenvalue weighted by Gasteiger charge is -2.26. The Labute approximate surface area is 135 Å². The Bertz CT molecular complexity index is 744. The lowest BCUT2D eigenvalue weighted by atomic mass is 9.96. The van der Waals surface area contributed by atoms with Crippen LogP contribution in [-0.4, -0.2) is 8.42 Å². The molecule has 21 heavy (non-hydrogen) atoms. The molecule has 0 aliphatic carbocycles. The van der Waals surface area contributed by atoms with Crippen LogP contribution in [0.25, 0.3) is 0 Å². The van der Waals surface area contributed by atoms with Gasteiger partial charge in [-0.1, -0.05) is 53.5 Å². The molecule has 0 spiro atoms. The number of halogens is 2. The van der Waals surface area contributed by atoms with Crippen molar-refractivity contribution in [2.24, 2.45) is 0 Å². The van der Waals surface area contributed by atoms with Gasteiger partial charge in [0, 0.05) is 0 Å². The van der Waals surface area contributed by atoms with E-state index in [-0.39, 0.29) is 9.92 Å². The van der Waals surface area contributed by atoms with Gasteiger partial charge in [-0.25, -0.2) is 13.1 Å². The summed E-state index contributed by atoms with van der Waals surface area (Å²) in [6.07, 6.45) is 0. The van der Waals surface area contributed by atoms with E-state index < -0.39 is 15.6 Å². The smallest absolute Gasteiger partial charge is 0.207 e. The average Bonchev–Trinajstić information content (AvgIpc) is 2.41. The molecule has 0 bridgehead atoms. The van der Waals surface area contributed by atoms with E-state index in [2.05, 4.69) is 4.72 Å². The average molecular weight is 344 g/mol. The Morgan fingerprint density at radius 3 is 2.14 bits per heavy atom. The molecule has 0 aromatic heterocycles. The first-order valence-electron chi connectivity index (χ1n) is 6.27. The van der Waals surface area contributed by atoms with Crippen molar-refractivity contribution < 1.29 is 8.42 Å². The third-order valence-corrected chi connectivity index (χ3v) is 5.48. The molecule has 6 heteroatoms. The Hall–Kier alpha value is -1.07. The molecule has 3 nitrogen and oxygen atoms in total. The van der Waals surface area contributed by atoms with Crippen molar-refractivity contribution in [1.82, 2.24) is 4.72 Å². The molecule has 2 aromatic carbocycles. The predicted molar refractivity (Wildman–Crippen MR) is 86.3 cm³/mol. The van der Waals surface area contributed by atoms with Gasteiger partial charge in [-0.3, -0.25) is 0 Å². The molecule has 2 rings (SSSR count). The first kappa shape index (κ1) is 16.3. The quantitative estimate of drug-likeness (QED) is 0.903. The number of benzene rings is 2. The predicted octanol–water partition coefficient (Wildman–Crippen LogP) is 4.21. The van der Waals surface area contributed by atoms with Gasteiger partial charge in [0.25, 0.3) is 0 Å². The van der Waals surface area contributed by atoms with Crippen molar-refractivity contribution in [3.8, 4) is 0 Å². The van der Waals surface area contributed by atoms with Crippen molar-refractivity contribution >= 4 is 33.2 Å².